The van der Waals surface area contributed by atoms with Crippen molar-refractivity contribution in [2.75, 3.05) is 19.8 Å². The molecule has 2 rings (SSSR count). The molecule has 0 aromatic carbocycles. The van der Waals surface area contributed by atoms with Gasteiger partial charge in [-0.15, -0.1) is 0 Å². The maximum absolute atomic E-state index is 8.64. The summed E-state index contributed by atoms with van der Waals surface area (Å²) in [7, 11) is 0. The van der Waals surface area contributed by atoms with Gasteiger partial charge in [-0.1, -0.05) is 13.8 Å². The minimum Gasteiger partial charge on any atom is -0.394 e. The molecule has 0 aromatic heterocycles. The minimum atomic E-state index is 0.159. The SMILES string of the molecule is CC1C2CC(COCCO)C(C2)C1C. The Hall–Kier alpha value is -0.0800. The molecule has 2 aliphatic carbocycles. The summed E-state index contributed by atoms with van der Waals surface area (Å²) >= 11 is 0. The van der Waals surface area contributed by atoms with Gasteiger partial charge in [-0.25, -0.2) is 0 Å². The second kappa shape index (κ2) is 4.19. The van der Waals surface area contributed by atoms with Crippen molar-refractivity contribution in [2.45, 2.75) is 26.7 Å². The van der Waals surface area contributed by atoms with Crippen LogP contribution in [0.1, 0.15) is 26.7 Å². The molecule has 0 aromatic rings. The van der Waals surface area contributed by atoms with E-state index in [1.54, 1.807) is 0 Å². The van der Waals surface area contributed by atoms with Crippen molar-refractivity contribution in [3.8, 4) is 0 Å². The lowest BCUT2D eigenvalue weighted by molar-refractivity contribution is 0.0375. The molecule has 82 valence electrons. The van der Waals surface area contributed by atoms with Crippen LogP contribution in [0.5, 0.6) is 0 Å². The number of rotatable bonds is 4. The van der Waals surface area contributed by atoms with Crippen LogP contribution < -0.4 is 0 Å². The summed E-state index contributed by atoms with van der Waals surface area (Å²) in [5.74, 6) is 4.44. The fraction of sp³-hybridized carbons (Fsp3) is 1.00. The summed E-state index contributed by atoms with van der Waals surface area (Å²) < 4.78 is 5.45. The van der Waals surface area contributed by atoms with E-state index in [0.29, 0.717) is 6.61 Å². The zero-order valence-corrected chi connectivity index (χ0v) is 9.28. The normalized spacial score (nSPS) is 46.1. The van der Waals surface area contributed by atoms with Gasteiger partial charge in [0, 0.05) is 6.61 Å². The Morgan fingerprint density at radius 3 is 2.57 bits per heavy atom. The summed E-state index contributed by atoms with van der Waals surface area (Å²) in [5, 5.41) is 8.64. The largest absolute Gasteiger partial charge is 0.394 e. The van der Waals surface area contributed by atoms with Gasteiger partial charge in [-0.2, -0.15) is 0 Å². The molecule has 1 N–H and O–H groups in total. The Kier molecular flexibility index (Phi) is 3.13. The molecule has 0 saturated heterocycles. The molecule has 2 nitrogen and oxygen atoms in total. The molecule has 0 aliphatic heterocycles. The van der Waals surface area contributed by atoms with E-state index >= 15 is 0 Å². The summed E-state index contributed by atoms with van der Waals surface area (Å²) in [4.78, 5) is 0. The number of ether oxygens (including phenoxy) is 1. The number of aliphatic hydroxyl groups excluding tert-OH is 1. The van der Waals surface area contributed by atoms with Crippen LogP contribution in [0.2, 0.25) is 0 Å². The molecule has 2 aliphatic rings. The van der Waals surface area contributed by atoms with Gasteiger partial charge in [0.2, 0.25) is 0 Å². The average Bonchev–Trinajstić information content (AvgIpc) is 2.69. The van der Waals surface area contributed by atoms with Crippen molar-refractivity contribution in [1.29, 1.82) is 0 Å². The molecule has 0 amide bonds. The Labute approximate surface area is 86.6 Å². The molecule has 2 fully saturated rings. The minimum absolute atomic E-state index is 0.159. The van der Waals surface area contributed by atoms with E-state index in [1.807, 2.05) is 0 Å². The van der Waals surface area contributed by atoms with Gasteiger partial charge < -0.3 is 9.84 Å². The van der Waals surface area contributed by atoms with E-state index in [9.17, 15) is 0 Å². The highest BCUT2D eigenvalue weighted by Gasteiger charge is 2.48. The molecular formula is C12H22O2. The van der Waals surface area contributed by atoms with Gasteiger partial charge in [-0.05, 0) is 42.4 Å². The number of hydrogen-bond donors (Lipinski definition) is 1. The van der Waals surface area contributed by atoms with Crippen molar-refractivity contribution in [1.82, 2.24) is 0 Å². The van der Waals surface area contributed by atoms with Crippen LogP contribution in [0.4, 0.5) is 0 Å². The summed E-state index contributed by atoms with van der Waals surface area (Å²) in [6.07, 6.45) is 2.79. The van der Waals surface area contributed by atoms with Crippen molar-refractivity contribution in [3.63, 3.8) is 0 Å². The fourth-order valence-corrected chi connectivity index (χ4v) is 3.59. The van der Waals surface area contributed by atoms with E-state index in [0.717, 1.165) is 36.2 Å². The highest BCUT2D eigenvalue weighted by Crippen LogP contribution is 2.54. The Morgan fingerprint density at radius 1 is 1.21 bits per heavy atom. The van der Waals surface area contributed by atoms with Gasteiger partial charge in [0.15, 0.2) is 0 Å². The maximum atomic E-state index is 8.64. The van der Waals surface area contributed by atoms with Gasteiger partial charge in [-0.3, -0.25) is 0 Å². The third-order valence-corrected chi connectivity index (χ3v) is 4.60. The first-order chi connectivity index (χ1) is 6.74. The molecule has 2 saturated carbocycles. The van der Waals surface area contributed by atoms with E-state index < -0.39 is 0 Å². The second-order valence-corrected chi connectivity index (χ2v) is 5.17. The molecular weight excluding hydrogens is 176 g/mol. The summed E-state index contributed by atoms with van der Waals surface area (Å²) in [6, 6.07) is 0. The maximum Gasteiger partial charge on any atom is 0.0697 e. The Balaban J connectivity index is 1.81. The van der Waals surface area contributed by atoms with Crippen LogP contribution >= 0.6 is 0 Å². The lowest BCUT2D eigenvalue weighted by atomic mass is 9.76. The average molecular weight is 198 g/mol. The monoisotopic (exact) mass is 198 g/mol. The summed E-state index contributed by atoms with van der Waals surface area (Å²) in [6.45, 7) is 6.34. The van der Waals surface area contributed by atoms with Gasteiger partial charge in [0.25, 0.3) is 0 Å². The van der Waals surface area contributed by atoms with Crippen LogP contribution in [-0.4, -0.2) is 24.9 Å². The molecule has 0 radical (unpaired) electrons. The van der Waals surface area contributed by atoms with E-state index in [4.69, 9.17) is 9.84 Å². The molecule has 14 heavy (non-hydrogen) atoms. The van der Waals surface area contributed by atoms with Crippen LogP contribution in [-0.2, 0) is 4.74 Å². The third kappa shape index (κ3) is 1.70. The number of aliphatic hydroxyl groups is 1. The van der Waals surface area contributed by atoms with Crippen molar-refractivity contribution >= 4 is 0 Å². The predicted molar refractivity (Wildman–Crippen MR) is 55.9 cm³/mol. The van der Waals surface area contributed by atoms with Crippen LogP contribution in [0.3, 0.4) is 0 Å². The zero-order chi connectivity index (χ0) is 10.1. The highest BCUT2D eigenvalue weighted by atomic mass is 16.5. The predicted octanol–water partition coefficient (Wildman–Crippen LogP) is 1.92. The van der Waals surface area contributed by atoms with Crippen LogP contribution in [0.15, 0.2) is 0 Å². The molecule has 5 unspecified atom stereocenters. The first kappa shape index (κ1) is 10.4. The first-order valence-corrected chi connectivity index (χ1v) is 5.92. The molecule has 5 atom stereocenters. The van der Waals surface area contributed by atoms with Crippen LogP contribution in [0.25, 0.3) is 0 Å². The van der Waals surface area contributed by atoms with Gasteiger partial charge in [0.1, 0.15) is 0 Å². The van der Waals surface area contributed by atoms with E-state index in [1.165, 1.54) is 12.8 Å². The zero-order valence-electron chi connectivity index (χ0n) is 9.28. The molecule has 0 spiro atoms. The standard InChI is InChI=1S/C12H22O2/c1-8-9(2)12-6-10(8)5-11(12)7-14-4-3-13/h8-13H,3-7H2,1-2H3. The fourth-order valence-electron chi connectivity index (χ4n) is 3.59. The van der Waals surface area contributed by atoms with Crippen molar-refractivity contribution in [3.05, 3.63) is 0 Å². The third-order valence-electron chi connectivity index (χ3n) is 4.60. The van der Waals surface area contributed by atoms with Crippen molar-refractivity contribution < 1.29 is 9.84 Å². The quantitative estimate of drug-likeness (QED) is 0.699. The lowest BCUT2D eigenvalue weighted by Gasteiger charge is -2.31. The first-order valence-electron chi connectivity index (χ1n) is 5.92. The number of fused-ring (bicyclic) bond motifs is 2. The van der Waals surface area contributed by atoms with E-state index in [-0.39, 0.29) is 6.61 Å². The summed E-state index contributed by atoms with van der Waals surface area (Å²) in [5.41, 5.74) is 0. The van der Waals surface area contributed by atoms with Gasteiger partial charge in [0.05, 0.1) is 13.2 Å². The smallest absolute Gasteiger partial charge is 0.0697 e. The second-order valence-electron chi connectivity index (χ2n) is 5.17. The molecule has 2 heteroatoms. The topological polar surface area (TPSA) is 29.5 Å². The van der Waals surface area contributed by atoms with Gasteiger partial charge >= 0.3 is 0 Å². The highest BCUT2D eigenvalue weighted by molar-refractivity contribution is 4.97. The molecule has 2 bridgehead atoms. The Morgan fingerprint density at radius 2 is 2.00 bits per heavy atom. The Bertz CT molecular complexity index is 191. The van der Waals surface area contributed by atoms with Crippen molar-refractivity contribution in [2.24, 2.45) is 29.6 Å². The number of hydrogen-bond acceptors (Lipinski definition) is 2. The van der Waals surface area contributed by atoms with Crippen LogP contribution in [0, 0.1) is 29.6 Å². The van der Waals surface area contributed by atoms with E-state index in [2.05, 4.69) is 13.8 Å². The lowest BCUT2D eigenvalue weighted by Crippen LogP contribution is -2.27. The molecule has 0 heterocycles.